The molecule has 0 unspecified atom stereocenters. The second kappa shape index (κ2) is 4.80. The number of hydrogen-bond donors (Lipinski definition) is 0. The quantitative estimate of drug-likeness (QED) is 0.708. The second-order valence-electron chi connectivity index (χ2n) is 6.05. The minimum atomic E-state index is -0.234. The Labute approximate surface area is 117 Å². The molecule has 0 atom stereocenters. The number of benzene rings is 1. The van der Waals surface area contributed by atoms with Crippen LogP contribution >= 0.6 is 15.9 Å². The number of rotatable bonds is 6. The van der Waals surface area contributed by atoms with Gasteiger partial charge in [-0.1, -0.05) is 59.8 Å². The van der Waals surface area contributed by atoms with Crippen LogP contribution in [0.4, 0.5) is 0 Å². The first-order valence-electron chi connectivity index (χ1n) is 6.95. The van der Waals surface area contributed by atoms with Gasteiger partial charge in [-0.05, 0) is 36.3 Å². The van der Waals surface area contributed by atoms with E-state index in [1.807, 2.05) is 6.07 Å². The zero-order valence-electron chi connectivity index (χ0n) is 10.6. The van der Waals surface area contributed by atoms with Gasteiger partial charge in [0.1, 0.15) is 6.29 Å². The smallest absolute Gasteiger partial charge is 0.130 e. The molecule has 0 heterocycles. The van der Waals surface area contributed by atoms with Crippen LogP contribution in [0.25, 0.3) is 0 Å². The fourth-order valence-corrected chi connectivity index (χ4v) is 3.68. The van der Waals surface area contributed by atoms with Crippen LogP contribution in [0.5, 0.6) is 0 Å². The molecule has 0 radical (unpaired) electrons. The largest absolute Gasteiger partial charge is 0.302 e. The summed E-state index contributed by atoms with van der Waals surface area (Å²) in [5.74, 6) is 1.56. The monoisotopic (exact) mass is 306 g/mol. The van der Waals surface area contributed by atoms with Gasteiger partial charge in [-0.2, -0.15) is 0 Å². The van der Waals surface area contributed by atoms with Gasteiger partial charge in [-0.3, -0.25) is 0 Å². The Morgan fingerprint density at radius 1 is 1.11 bits per heavy atom. The van der Waals surface area contributed by atoms with Gasteiger partial charge in [0.25, 0.3) is 0 Å². The first-order chi connectivity index (χ1) is 8.73. The molecule has 0 saturated heterocycles. The van der Waals surface area contributed by atoms with Crippen molar-refractivity contribution in [3.8, 4) is 0 Å². The highest BCUT2D eigenvalue weighted by atomic mass is 79.9. The van der Waals surface area contributed by atoms with Crippen molar-refractivity contribution in [2.75, 3.05) is 0 Å². The van der Waals surface area contributed by atoms with E-state index in [4.69, 9.17) is 0 Å². The molecule has 0 aromatic heterocycles. The summed E-state index contributed by atoms with van der Waals surface area (Å²) in [6, 6.07) is 8.27. The second-order valence-corrected chi connectivity index (χ2v) is 6.90. The van der Waals surface area contributed by atoms with Crippen LogP contribution in [0.1, 0.15) is 44.1 Å². The fraction of sp³-hybridized carbons (Fsp3) is 0.562. The highest BCUT2D eigenvalue weighted by Gasteiger charge is 2.43. The summed E-state index contributed by atoms with van der Waals surface area (Å²) in [5.41, 5.74) is 0.974. The average Bonchev–Trinajstić information content (AvgIpc) is 3.25. The molecule has 2 aliphatic carbocycles. The van der Waals surface area contributed by atoms with E-state index < -0.39 is 0 Å². The molecule has 2 aliphatic rings. The van der Waals surface area contributed by atoms with Gasteiger partial charge in [0.05, 0.1) is 5.41 Å². The summed E-state index contributed by atoms with van der Waals surface area (Å²) >= 11 is 3.63. The molecule has 2 heteroatoms. The van der Waals surface area contributed by atoms with Crippen molar-refractivity contribution in [2.24, 2.45) is 11.8 Å². The molecule has 0 N–H and O–H groups in total. The summed E-state index contributed by atoms with van der Waals surface area (Å²) in [6.45, 7) is 0. The molecule has 0 spiro atoms. The van der Waals surface area contributed by atoms with Crippen molar-refractivity contribution >= 4 is 22.2 Å². The number of carbonyl (C=O) groups is 1. The molecule has 18 heavy (non-hydrogen) atoms. The summed E-state index contributed by atoms with van der Waals surface area (Å²) < 4.78 is 1.10. The first-order valence-corrected chi connectivity index (χ1v) is 7.74. The van der Waals surface area contributed by atoms with Gasteiger partial charge in [0.15, 0.2) is 0 Å². The van der Waals surface area contributed by atoms with E-state index in [-0.39, 0.29) is 5.41 Å². The third-order valence-corrected chi connectivity index (χ3v) is 5.03. The molecule has 0 bridgehead atoms. The van der Waals surface area contributed by atoms with Crippen molar-refractivity contribution in [2.45, 2.75) is 43.9 Å². The van der Waals surface area contributed by atoms with Crippen molar-refractivity contribution in [3.05, 3.63) is 34.3 Å². The maximum absolute atomic E-state index is 11.9. The van der Waals surface area contributed by atoms with Crippen LogP contribution in [-0.4, -0.2) is 6.29 Å². The Morgan fingerprint density at radius 3 is 2.11 bits per heavy atom. The SMILES string of the molecule is O=CC(CC1CC1)(CC1CC1)c1ccccc1Br. The molecule has 2 fully saturated rings. The Kier molecular flexibility index (Phi) is 3.31. The van der Waals surface area contributed by atoms with Crippen LogP contribution < -0.4 is 0 Å². The van der Waals surface area contributed by atoms with E-state index in [9.17, 15) is 4.79 Å². The van der Waals surface area contributed by atoms with Crippen LogP contribution in [0, 0.1) is 11.8 Å². The highest BCUT2D eigenvalue weighted by Crippen LogP contribution is 2.49. The predicted octanol–water partition coefficient (Wildman–Crippen LogP) is 4.49. The minimum absolute atomic E-state index is 0.234. The van der Waals surface area contributed by atoms with Crippen LogP contribution in [-0.2, 0) is 10.2 Å². The van der Waals surface area contributed by atoms with E-state index in [0.717, 1.165) is 29.2 Å². The number of halogens is 1. The van der Waals surface area contributed by atoms with E-state index in [1.165, 1.54) is 37.5 Å². The number of carbonyl (C=O) groups excluding carboxylic acids is 1. The molecular weight excluding hydrogens is 288 g/mol. The zero-order chi connectivity index (χ0) is 12.6. The van der Waals surface area contributed by atoms with E-state index >= 15 is 0 Å². The molecule has 1 nitrogen and oxygen atoms in total. The van der Waals surface area contributed by atoms with Crippen LogP contribution in [0.3, 0.4) is 0 Å². The summed E-state index contributed by atoms with van der Waals surface area (Å²) in [5, 5.41) is 0. The molecule has 2 saturated carbocycles. The van der Waals surface area contributed by atoms with Crippen molar-refractivity contribution < 1.29 is 4.79 Å². The Balaban J connectivity index is 1.95. The number of aldehydes is 1. The molecule has 96 valence electrons. The standard InChI is InChI=1S/C16H19BrO/c17-15-4-2-1-3-14(15)16(11-18,9-12-5-6-12)10-13-7-8-13/h1-4,11-13H,5-10H2. The summed E-state index contributed by atoms with van der Waals surface area (Å²) in [4.78, 5) is 11.9. The van der Waals surface area contributed by atoms with Crippen molar-refractivity contribution in [3.63, 3.8) is 0 Å². The molecule has 0 aliphatic heterocycles. The van der Waals surface area contributed by atoms with Gasteiger partial charge in [0, 0.05) is 4.47 Å². The highest BCUT2D eigenvalue weighted by molar-refractivity contribution is 9.10. The topological polar surface area (TPSA) is 17.1 Å². The molecule has 1 aromatic rings. The normalized spacial score (nSPS) is 19.8. The van der Waals surface area contributed by atoms with Gasteiger partial charge in [-0.25, -0.2) is 0 Å². The van der Waals surface area contributed by atoms with E-state index in [2.05, 4.69) is 34.1 Å². The van der Waals surface area contributed by atoms with Crippen LogP contribution in [0.2, 0.25) is 0 Å². The lowest BCUT2D eigenvalue weighted by Crippen LogP contribution is -2.30. The van der Waals surface area contributed by atoms with Gasteiger partial charge >= 0.3 is 0 Å². The zero-order valence-corrected chi connectivity index (χ0v) is 12.2. The molecule has 3 rings (SSSR count). The maximum Gasteiger partial charge on any atom is 0.130 e. The van der Waals surface area contributed by atoms with Gasteiger partial charge in [0.2, 0.25) is 0 Å². The first kappa shape index (κ1) is 12.4. The van der Waals surface area contributed by atoms with Crippen LogP contribution in [0.15, 0.2) is 28.7 Å². The lowest BCUT2D eigenvalue weighted by atomic mass is 9.73. The Bertz CT molecular complexity index is 432. The molecule has 1 aromatic carbocycles. The summed E-state index contributed by atoms with van der Waals surface area (Å²) in [6.07, 6.45) is 8.58. The Morgan fingerprint density at radius 2 is 1.67 bits per heavy atom. The molecule has 0 amide bonds. The third kappa shape index (κ3) is 2.54. The summed E-state index contributed by atoms with van der Waals surface area (Å²) in [7, 11) is 0. The third-order valence-electron chi connectivity index (χ3n) is 4.34. The lowest BCUT2D eigenvalue weighted by molar-refractivity contribution is -0.113. The fourth-order valence-electron chi connectivity index (χ4n) is 3.00. The number of hydrogen-bond acceptors (Lipinski definition) is 1. The van der Waals surface area contributed by atoms with Gasteiger partial charge in [-0.15, -0.1) is 0 Å². The predicted molar refractivity (Wildman–Crippen MR) is 76.6 cm³/mol. The minimum Gasteiger partial charge on any atom is -0.302 e. The average molecular weight is 307 g/mol. The van der Waals surface area contributed by atoms with Crippen molar-refractivity contribution in [1.29, 1.82) is 0 Å². The van der Waals surface area contributed by atoms with E-state index in [1.54, 1.807) is 0 Å². The van der Waals surface area contributed by atoms with Gasteiger partial charge < -0.3 is 4.79 Å². The maximum atomic E-state index is 11.9. The van der Waals surface area contributed by atoms with Crippen molar-refractivity contribution in [1.82, 2.24) is 0 Å². The Hall–Kier alpha value is -0.630. The lowest BCUT2D eigenvalue weighted by Gasteiger charge is -2.30. The molecular formula is C16H19BrO. The van der Waals surface area contributed by atoms with E-state index in [0.29, 0.717) is 0 Å².